The maximum Gasteiger partial charge on any atom is 1.00 e. The van der Waals surface area contributed by atoms with Gasteiger partial charge in [-0.1, -0.05) is 0 Å². The third-order valence-corrected chi connectivity index (χ3v) is 2.44. The van der Waals surface area contributed by atoms with E-state index in [4.69, 9.17) is 5.73 Å². The number of hydrogen-bond acceptors (Lipinski definition) is 3. The Kier molecular flexibility index (Phi) is 10.4. The van der Waals surface area contributed by atoms with Crippen LogP contribution in [0.25, 0.3) is 0 Å². The highest BCUT2D eigenvalue weighted by atomic mass is 35.5. The summed E-state index contributed by atoms with van der Waals surface area (Å²) in [6.07, 6.45) is 1.73. The van der Waals surface area contributed by atoms with Gasteiger partial charge < -0.3 is 35.5 Å². The van der Waals surface area contributed by atoms with Gasteiger partial charge in [0.1, 0.15) is 0 Å². The van der Waals surface area contributed by atoms with Gasteiger partial charge in [0.2, 0.25) is 0 Å². The Balaban J connectivity index is -0.000000151. The molecular weight excluding hydrogens is 229 g/mol. The third kappa shape index (κ3) is 5.41. The highest BCUT2D eigenvalue weighted by Gasteiger charge is 1.98. The SMILES string of the molecule is Cc1[nH]cnc1CSCCN.[Cl-].[Cl-].[H+].[H+]. The average molecular weight is 244 g/mol. The lowest BCUT2D eigenvalue weighted by molar-refractivity contribution is -0.001000. The van der Waals surface area contributed by atoms with Gasteiger partial charge in [-0.2, -0.15) is 11.8 Å². The quantitative estimate of drug-likeness (QED) is 0.522. The van der Waals surface area contributed by atoms with Crippen molar-refractivity contribution in [1.82, 2.24) is 9.97 Å². The number of nitrogens with zero attached hydrogens (tertiary/aromatic N) is 1. The lowest BCUT2D eigenvalue weighted by Crippen LogP contribution is -3.00. The van der Waals surface area contributed by atoms with Crippen molar-refractivity contribution in [3.05, 3.63) is 17.7 Å². The molecule has 13 heavy (non-hydrogen) atoms. The van der Waals surface area contributed by atoms with Crippen molar-refractivity contribution >= 4 is 11.8 Å². The normalized spacial score (nSPS) is 8.77. The third-order valence-electron chi connectivity index (χ3n) is 1.44. The smallest absolute Gasteiger partial charge is 1.00 e. The first-order chi connectivity index (χ1) is 5.34. The fourth-order valence-electron chi connectivity index (χ4n) is 0.785. The van der Waals surface area contributed by atoms with E-state index < -0.39 is 0 Å². The molecule has 1 rings (SSSR count). The van der Waals surface area contributed by atoms with Crippen LogP contribution in [-0.4, -0.2) is 22.3 Å². The number of aromatic amines is 1. The zero-order valence-corrected chi connectivity index (χ0v) is 9.72. The summed E-state index contributed by atoms with van der Waals surface area (Å²) in [6.45, 7) is 2.78. The predicted molar refractivity (Wildman–Crippen MR) is 50.8 cm³/mol. The Morgan fingerprint density at radius 2 is 2.31 bits per heavy atom. The number of nitrogens with two attached hydrogens (primary N) is 1. The highest BCUT2D eigenvalue weighted by Crippen LogP contribution is 2.10. The number of hydrogen-bond donors (Lipinski definition) is 2. The molecule has 0 unspecified atom stereocenters. The molecule has 3 N–H and O–H groups in total. The van der Waals surface area contributed by atoms with Crippen LogP contribution in [0, 0.1) is 6.92 Å². The molecule has 78 valence electrons. The zero-order valence-electron chi connectivity index (χ0n) is 9.39. The maximum absolute atomic E-state index is 5.36. The van der Waals surface area contributed by atoms with Gasteiger partial charge in [0.25, 0.3) is 0 Å². The Hall–Kier alpha value is 0.1000. The fraction of sp³-hybridized carbons (Fsp3) is 0.571. The van der Waals surface area contributed by atoms with Gasteiger partial charge in [0.15, 0.2) is 0 Å². The largest absolute Gasteiger partial charge is 1.00 e. The maximum atomic E-state index is 5.36. The molecule has 0 fully saturated rings. The molecule has 1 heterocycles. The average Bonchev–Trinajstić information content (AvgIpc) is 2.37. The van der Waals surface area contributed by atoms with E-state index >= 15 is 0 Å². The Bertz CT molecular complexity index is 226. The minimum absolute atomic E-state index is 0. The zero-order chi connectivity index (χ0) is 8.10. The van der Waals surface area contributed by atoms with Crippen molar-refractivity contribution in [3.63, 3.8) is 0 Å². The van der Waals surface area contributed by atoms with Gasteiger partial charge in [-0.15, -0.1) is 0 Å². The van der Waals surface area contributed by atoms with E-state index in [-0.39, 0.29) is 27.7 Å². The van der Waals surface area contributed by atoms with Crippen LogP contribution in [0.5, 0.6) is 0 Å². The number of aryl methyl sites for hydroxylation is 1. The molecular formula is C7H15Cl2N3S. The summed E-state index contributed by atoms with van der Waals surface area (Å²) in [5.74, 6) is 1.97. The van der Waals surface area contributed by atoms with Crippen LogP contribution in [0.1, 0.15) is 14.2 Å². The van der Waals surface area contributed by atoms with Gasteiger partial charge in [-0.25, -0.2) is 4.98 Å². The first-order valence-corrected chi connectivity index (χ1v) is 4.76. The monoisotopic (exact) mass is 243 g/mol. The molecule has 3 nitrogen and oxygen atoms in total. The van der Waals surface area contributed by atoms with Gasteiger partial charge >= 0.3 is 2.85 Å². The summed E-state index contributed by atoms with van der Waals surface area (Å²) < 4.78 is 0. The van der Waals surface area contributed by atoms with Crippen LogP contribution in [0.3, 0.4) is 0 Å². The number of aromatic nitrogens is 2. The van der Waals surface area contributed by atoms with Crippen molar-refractivity contribution in [2.24, 2.45) is 5.73 Å². The van der Waals surface area contributed by atoms with Crippen molar-refractivity contribution in [2.75, 3.05) is 12.3 Å². The molecule has 0 aliphatic carbocycles. The molecule has 0 saturated carbocycles. The van der Waals surface area contributed by atoms with E-state index in [0.717, 1.165) is 29.4 Å². The minimum Gasteiger partial charge on any atom is -1.00 e. The molecule has 0 saturated heterocycles. The minimum atomic E-state index is 0. The van der Waals surface area contributed by atoms with Gasteiger partial charge in [-0.3, -0.25) is 0 Å². The number of rotatable bonds is 4. The molecule has 1 aromatic rings. The fourth-order valence-corrected chi connectivity index (χ4v) is 1.58. The summed E-state index contributed by atoms with van der Waals surface area (Å²) in [5.41, 5.74) is 7.66. The summed E-state index contributed by atoms with van der Waals surface area (Å²) in [7, 11) is 0. The van der Waals surface area contributed by atoms with Gasteiger partial charge in [-0.05, 0) is 6.92 Å². The summed E-state index contributed by atoms with van der Waals surface area (Å²) >= 11 is 1.82. The lowest BCUT2D eigenvalue weighted by atomic mass is 10.4. The highest BCUT2D eigenvalue weighted by molar-refractivity contribution is 7.98. The van der Waals surface area contributed by atoms with E-state index in [1.165, 1.54) is 0 Å². The molecule has 0 atom stereocenters. The number of thioether (sulfide) groups is 1. The second kappa shape index (κ2) is 8.69. The van der Waals surface area contributed by atoms with Crippen LogP contribution >= 0.6 is 11.8 Å². The molecule has 0 bridgehead atoms. The molecule has 0 aromatic carbocycles. The molecule has 0 amide bonds. The Labute approximate surface area is 98.1 Å². The summed E-state index contributed by atoms with van der Waals surface area (Å²) in [5, 5.41) is 0. The molecule has 6 heteroatoms. The van der Waals surface area contributed by atoms with Crippen LogP contribution in [0.2, 0.25) is 0 Å². The van der Waals surface area contributed by atoms with E-state index in [9.17, 15) is 0 Å². The van der Waals surface area contributed by atoms with E-state index in [1.54, 1.807) is 6.33 Å². The van der Waals surface area contributed by atoms with Gasteiger partial charge in [0, 0.05) is 23.7 Å². The van der Waals surface area contributed by atoms with Crippen molar-refractivity contribution in [1.29, 1.82) is 0 Å². The molecule has 0 spiro atoms. The number of imidazole rings is 1. The van der Waals surface area contributed by atoms with E-state index in [2.05, 4.69) is 9.97 Å². The number of nitrogens with one attached hydrogen (secondary N) is 1. The van der Waals surface area contributed by atoms with Crippen LogP contribution in [-0.2, 0) is 5.75 Å². The summed E-state index contributed by atoms with van der Waals surface area (Å²) in [6, 6.07) is 0. The molecule has 0 aliphatic heterocycles. The number of H-pyrrole nitrogens is 1. The number of halogens is 2. The van der Waals surface area contributed by atoms with E-state index in [1.807, 2.05) is 18.7 Å². The predicted octanol–water partition coefficient (Wildman–Crippen LogP) is -4.86. The first-order valence-electron chi connectivity index (χ1n) is 3.61. The Morgan fingerprint density at radius 3 is 2.77 bits per heavy atom. The van der Waals surface area contributed by atoms with Crippen LogP contribution in [0.4, 0.5) is 0 Å². The van der Waals surface area contributed by atoms with Crippen molar-refractivity contribution in [2.45, 2.75) is 12.7 Å². The lowest BCUT2D eigenvalue weighted by Gasteiger charge is -1.96. The van der Waals surface area contributed by atoms with Crippen LogP contribution in [0.15, 0.2) is 6.33 Å². The standard InChI is InChI=1S/C7H13N3S.2ClH/c1-6-7(10-5-9-6)4-11-3-2-8;;/h5H,2-4,8H2,1H3,(H,9,10);2*1H. The summed E-state index contributed by atoms with van der Waals surface area (Å²) in [4.78, 5) is 7.21. The van der Waals surface area contributed by atoms with Crippen molar-refractivity contribution < 1.29 is 27.7 Å². The topological polar surface area (TPSA) is 54.7 Å². The van der Waals surface area contributed by atoms with Crippen molar-refractivity contribution in [3.8, 4) is 0 Å². The molecule has 0 aliphatic rings. The van der Waals surface area contributed by atoms with Gasteiger partial charge in [0.05, 0.1) is 12.0 Å². The Morgan fingerprint density at radius 1 is 1.62 bits per heavy atom. The van der Waals surface area contributed by atoms with E-state index in [0.29, 0.717) is 0 Å². The molecule has 0 radical (unpaired) electrons. The second-order valence-corrected chi connectivity index (χ2v) is 3.42. The molecule has 1 aromatic heterocycles. The second-order valence-electron chi connectivity index (χ2n) is 2.32. The van der Waals surface area contributed by atoms with Crippen LogP contribution < -0.4 is 30.5 Å². The first kappa shape index (κ1) is 15.6.